The first-order valence-corrected chi connectivity index (χ1v) is 5.84. The van der Waals surface area contributed by atoms with Crippen molar-refractivity contribution in [1.29, 1.82) is 0 Å². The van der Waals surface area contributed by atoms with Crippen molar-refractivity contribution in [3.05, 3.63) is 35.0 Å². The maximum atomic E-state index is 11.3. The molecule has 0 aliphatic carbocycles. The molecule has 0 spiro atoms. The molecule has 0 aliphatic heterocycles. The van der Waals surface area contributed by atoms with E-state index in [9.17, 15) is 14.7 Å². The van der Waals surface area contributed by atoms with E-state index in [0.717, 1.165) is 5.56 Å². The molecule has 0 fully saturated rings. The zero-order chi connectivity index (χ0) is 14.4. The summed E-state index contributed by atoms with van der Waals surface area (Å²) in [5.41, 5.74) is 1.26. The Hall–Kier alpha value is -2.30. The number of nitrogens with one attached hydrogen (secondary N) is 1. The van der Waals surface area contributed by atoms with Gasteiger partial charge in [0.1, 0.15) is 5.69 Å². The third kappa shape index (κ3) is 2.31. The Morgan fingerprint density at radius 1 is 1.05 bits per heavy atom. The van der Waals surface area contributed by atoms with E-state index in [4.69, 9.17) is 5.11 Å². The van der Waals surface area contributed by atoms with Crippen LogP contribution in [0.2, 0.25) is 0 Å². The van der Waals surface area contributed by atoms with E-state index in [1.54, 1.807) is 12.1 Å². The minimum absolute atomic E-state index is 0.0106. The zero-order valence-electron chi connectivity index (χ0n) is 10.9. The van der Waals surface area contributed by atoms with E-state index in [1.165, 1.54) is 6.07 Å². The Labute approximate surface area is 109 Å². The van der Waals surface area contributed by atoms with E-state index in [-0.39, 0.29) is 16.7 Å². The molecule has 0 unspecified atom stereocenters. The van der Waals surface area contributed by atoms with Gasteiger partial charge in [-0.3, -0.25) is 0 Å². The summed E-state index contributed by atoms with van der Waals surface area (Å²) in [6.45, 7) is 5.92. The van der Waals surface area contributed by atoms with Crippen LogP contribution in [0.25, 0.3) is 10.9 Å². The first-order chi connectivity index (χ1) is 8.70. The normalized spacial score (nSPS) is 11.7. The van der Waals surface area contributed by atoms with Gasteiger partial charge in [0.05, 0.1) is 5.56 Å². The predicted molar refractivity (Wildman–Crippen MR) is 70.9 cm³/mol. The fourth-order valence-corrected chi connectivity index (χ4v) is 1.96. The lowest BCUT2D eigenvalue weighted by molar-refractivity contribution is 0.0682. The van der Waals surface area contributed by atoms with Crippen molar-refractivity contribution in [2.75, 3.05) is 0 Å². The van der Waals surface area contributed by atoms with Crippen LogP contribution in [0.3, 0.4) is 0 Å². The van der Waals surface area contributed by atoms with Gasteiger partial charge in [0, 0.05) is 10.9 Å². The van der Waals surface area contributed by atoms with Crippen molar-refractivity contribution >= 4 is 22.8 Å². The van der Waals surface area contributed by atoms with Crippen LogP contribution in [0.5, 0.6) is 0 Å². The molecule has 0 saturated carbocycles. The van der Waals surface area contributed by atoms with Crippen LogP contribution in [0.15, 0.2) is 18.2 Å². The summed E-state index contributed by atoms with van der Waals surface area (Å²) in [7, 11) is 0. The lowest BCUT2D eigenvalue weighted by Crippen LogP contribution is -2.12. The average molecular weight is 261 g/mol. The first kappa shape index (κ1) is 13.1. The van der Waals surface area contributed by atoms with Crippen LogP contribution in [0, 0.1) is 0 Å². The molecular formula is C14H15NO4. The summed E-state index contributed by atoms with van der Waals surface area (Å²) in [6, 6.07) is 4.76. The monoisotopic (exact) mass is 261 g/mol. The topological polar surface area (TPSA) is 90.4 Å². The van der Waals surface area contributed by atoms with E-state index in [1.807, 2.05) is 20.8 Å². The minimum Gasteiger partial charge on any atom is -0.478 e. The molecular weight excluding hydrogens is 246 g/mol. The van der Waals surface area contributed by atoms with Gasteiger partial charge in [-0.05, 0) is 29.2 Å². The standard InChI is InChI=1S/C14H15NO4/c1-14(2,3)7-4-9(12(16)17)8-6-11(13(18)19)15-10(8)5-7/h4-6,15H,1-3H3,(H,16,17)(H,18,19). The maximum absolute atomic E-state index is 11.3. The molecule has 0 amide bonds. The number of benzene rings is 1. The second kappa shape index (κ2) is 4.12. The molecule has 1 aromatic heterocycles. The van der Waals surface area contributed by atoms with Gasteiger partial charge >= 0.3 is 11.9 Å². The number of H-pyrrole nitrogens is 1. The molecule has 5 heteroatoms. The highest BCUT2D eigenvalue weighted by Crippen LogP contribution is 2.29. The lowest BCUT2D eigenvalue weighted by atomic mass is 9.85. The highest BCUT2D eigenvalue weighted by Gasteiger charge is 2.20. The largest absolute Gasteiger partial charge is 0.478 e. The number of hydrogen-bond donors (Lipinski definition) is 3. The van der Waals surface area contributed by atoms with Gasteiger partial charge in [0.15, 0.2) is 0 Å². The Kier molecular flexibility index (Phi) is 2.85. The van der Waals surface area contributed by atoms with E-state index < -0.39 is 11.9 Å². The number of carboxylic acid groups (broad SMARTS) is 2. The summed E-state index contributed by atoms with van der Waals surface area (Å²) in [5, 5.41) is 18.6. The van der Waals surface area contributed by atoms with E-state index >= 15 is 0 Å². The van der Waals surface area contributed by atoms with Gasteiger partial charge in [-0.1, -0.05) is 20.8 Å². The molecule has 1 heterocycles. The molecule has 2 rings (SSSR count). The lowest BCUT2D eigenvalue weighted by Gasteiger charge is -2.19. The van der Waals surface area contributed by atoms with Gasteiger partial charge in [-0.15, -0.1) is 0 Å². The minimum atomic E-state index is -1.11. The van der Waals surface area contributed by atoms with Crippen molar-refractivity contribution in [1.82, 2.24) is 4.98 Å². The number of aromatic nitrogens is 1. The van der Waals surface area contributed by atoms with Gasteiger partial charge < -0.3 is 15.2 Å². The van der Waals surface area contributed by atoms with Crippen molar-refractivity contribution < 1.29 is 19.8 Å². The first-order valence-electron chi connectivity index (χ1n) is 5.84. The van der Waals surface area contributed by atoms with Crippen LogP contribution in [-0.4, -0.2) is 27.1 Å². The fraction of sp³-hybridized carbons (Fsp3) is 0.286. The van der Waals surface area contributed by atoms with Crippen molar-refractivity contribution in [2.45, 2.75) is 26.2 Å². The molecule has 0 saturated heterocycles. The quantitative estimate of drug-likeness (QED) is 0.775. The van der Waals surface area contributed by atoms with E-state index in [2.05, 4.69) is 4.98 Å². The smallest absolute Gasteiger partial charge is 0.352 e. The molecule has 5 nitrogen and oxygen atoms in total. The molecule has 100 valence electrons. The second-order valence-electron chi connectivity index (χ2n) is 5.53. The highest BCUT2D eigenvalue weighted by molar-refractivity contribution is 6.06. The molecule has 1 aromatic carbocycles. The van der Waals surface area contributed by atoms with Gasteiger partial charge in [0.25, 0.3) is 0 Å². The molecule has 0 bridgehead atoms. The number of hydrogen-bond acceptors (Lipinski definition) is 2. The summed E-state index contributed by atoms with van der Waals surface area (Å²) < 4.78 is 0. The summed E-state index contributed by atoms with van der Waals surface area (Å²) in [5.74, 6) is -2.17. The van der Waals surface area contributed by atoms with Gasteiger partial charge in [0.2, 0.25) is 0 Å². The van der Waals surface area contributed by atoms with Crippen molar-refractivity contribution in [3.8, 4) is 0 Å². The molecule has 0 atom stereocenters. The number of aromatic carboxylic acids is 2. The van der Waals surface area contributed by atoms with Gasteiger partial charge in [-0.25, -0.2) is 9.59 Å². The van der Waals surface area contributed by atoms with Gasteiger partial charge in [-0.2, -0.15) is 0 Å². The third-order valence-electron chi connectivity index (χ3n) is 3.06. The summed E-state index contributed by atoms with van der Waals surface area (Å²) in [6.07, 6.45) is 0. The number of carboxylic acids is 2. The van der Waals surface area contributed by atoms with E-state index in [0.29, 0.717) is 10.9 Å². The Balaban J connectivity index is 2.80. The molecule has 19 heavy (non-hydrogen) atoms. The van der Waals surface area contributed by atoms with Crippen molar-refractivity contribution in [3.63, 3.8) is 0 Å². The van der Waals surface area contributed by atoms with Crippen LogP contribution < -0.4 is 0 Å². The third-order valence-corrected chi connectivity index (χ3v) is 3.06. The van der Waals surface area contributed by atoms with Crippen molar-refractivity contribution in [2.24, 2.45) is 0 Å². The predicted octanol–water partition coefficient (Wildman–Crippen LogP) is 2.86. The number of aromatic amines is 1. The fourth-order valence-electron chi connectivity index (χ4n) is 1.96. The number of carbonyl (C=O) groups is 2. The number of rotatable bonds is 2. The summed E-state index contributed by atoms with van der Waals surface area (Å²) >= 11 is 0. The highest BCUT2D eigenvalue weighted by atomic mass is 16.4. The molecule has 2 aromatic rings. The molecule has 3 N–H and O–H groups in total. The Morgan fingerprint density at radius 2 is 1.68 bits per heavy atom. The van der Waals surface area contributed by atoms with Crippen LogP contribution >= 0.6 is 0 Å². The average Bonchev–Trinajstić information content (AvgIpc) is 2.69. The Morgan fingerprint density at radius 3 is 2.16 bits per heavy atom. The number of fused-ring (bicyclic) bond motifs is 1. The van der Waals surface area contributed by atoms with Crippen LogP contribution in [0.4, 0.5) is 0 Å². The van der Waals surface area contributed by atoms with Crippen LogP contribution in [0.1, 0.15) is 47.2 Å². The zero-order valence-corrected chi connectivity index (χ0v) is 10.9. The molecule has 0 radical (unpaired) electrons. The summed E-state index contributed by atoms with van der Waals surface area (Å²) in [4.78, 5) is 25.0. The van der Waals surface area contributed by atoms with Crippen LogP contribution in [-0.2, 0) is 5.41 Å². The molecule has 0 aliphatic rings. The SMILES string of the molecule is CC(C)(C)c1cc(C(=O)O)c2cc(C(=O)O)[nH]c2c1. The maximum Gasteiger partial charge on any atom is 0.352 e. The Bertz CT molecular complexity index is 677. The second-order valence-corrected chi connectivity index (χ2v) is 5.53.